The van der Waals surface area contributed by atoms with Crippen LogP contribution in [0.3, 0.4) is 0 Å². The molecule has 0 radical (unpaired) electrons. The average molecular weight is 248 g/mol. The van der Waals surface area contributed by atoms with Crippen LogP contribution in [-0.4, -0.2) is 17.8 Å². The van der Waals surface area contributed by atoms with Crippen LogP contribution in [0.2, 0.25) is 0 Å². The molecule has 0 amide bonds. The third-order valence-electron chi connectivity index (χ3n) is 4.20. The molecule has 1 aliphatic carbocycles. The van der Waals surface area contributed by atoms with Gasteiger partial charge in [0.2, 0.25) is 0 Å². The SMILES string of the molecule is COc1cccc(CC2(O)CCC(C)(C)CC2)c1. The highest BCUT2D eigenvalue weighted by Gasteiger charge is 2.36. The minimum absolute atomic E-state index is 0.389. The number of rotatable bonds is 3. The predicted octanol–water partition coefficient (Wildman–Crippen LogP) is 3.57. The van der Waals surface area contributed by atoms with Gasteiger partial charge in [0, 0.05) is 6.42 Å². The molecule has 1 N–H and O–H groups in total. The van der Waals surface area contributed by atoms with E-state index < -0.39 is 5.60 Å². The topological polar surface area (TPSA) is 29.5 Å². The summed E-state index contributed by atoms with van der Waals surface area (Å²) >= 11 is 0. The van der Waals surface area contributed by atoms with Crippen molar-refractivity contribution in [3.63, 3.8) is 0 Å². The van der Waals surface area contributed by atoms with E-state index in [-0.39, 0.29) is 0 Å². The van der Waals surface area contributed by atoms with Crippen LogP contribution in [0.25, 0.3) is 0 Å². The smallest absolute Gasteiger partial charge is 0.119 e. The van der Waals surface area contributed by atoms with E-state index in [1.807, 2.05) is 18.2 Å². The van der Waals surface area contributed by atoms with Gasteiger partial charge in [0.25, 0.3) is 0 Å². The van der Waals surface area contributed by atoms with Gasteiger partial charge in [-0.3, -0.25) is 0 Å². The van der Waals surface area contributed by atoms with E-state index in [1.165, 1.54) is 0 Å². The van der Waals surface area contributed by atoms with Gasteiger partial charge >= 0.3 is 0 Å². The highest BCUT2D eigenvalue weighted by Crippen LogP contribution is 2.41. The summed E-state index contributed by atoms with van der Waals surface area (Å²) in [6, 6.07) is 8.03. The minimum atomic E-state index is -0.526. The summed E-state index contributed by atoms with van der Waals surface area (Å²) in [5.41, 5.74) is 1.03. The van der Waals surface area contributed by atoms with Crippen molar-refractivity contribution >= 4 is 0 Å². The first-order valence-corrected chi connectivity index (χ1v) is 6.78. The van der Waals surface area contributed by atoms with Gasteiger partial charge in [-0.1, -0.05) is 26.0 Å². The molecule has 2 heteroatoms. The Kier molecular flexibility index (Phi) is 3.67. The molecule has 2 rings (SSSR count). The lowest BCUT2D eigenvalue weighted by Gasteiger charge is -2.40. The summed E-state index contributed by atoms with van der Waals surface area (Å²) < 4.78 is 5.23. The zero-order valence-electron chi connectivity index (χ0n) is 11.7. The second-order valence-corrected chi connectivity index (χ2v) is 6.42. The lowest BCUT2D eigenvalue weighted by molar-refractivity contribution is -0.0251. The summed E-state index contributed by atoms with van der Waals surface area (Å²) in [6.45, 7) is 4.58. The third-order valence-corrected chi connectivity index (χ3v) is 4.20. The van der Waals surface area contributed by atoms with Crippen LogP contribution in [-0.2, 0) is 6.42 Å². The van der Waals surface area contributed by atoms with Gasteiger partial charge in [0.05, 0.1) is 12.7 Å². The van der Waals surface area contributed by atoms with Gasteiger partial charge < -0.3 is 9.84 Å². The first-order valence-electron chi connectivity index (χ1n) is 6.78. The molecule has 0 saturated heterocycles. The number of hydrogen-bond acceptors (Lipinski definition) is 2. The summed E-state index contributed by atoms with van der Waals surface area (Å²) in [4.78, 5) is 0. The number of aliphatic hydroxyl groups is 1. The van der Waals surface area contributed by atoms with Crippen molar-refractivity contribution < 1.29 is 9.84 Å². The Morgan fingerprint density at radius 3 is 2.44 bits per heavy atom. The van der Waals surface area contributed by atoms with Crippen molar-refractivity contribution in [1.82, 2.24) is 0 Å². The largest absolute Gasteiger partial charge is 0.497 e. The van der Waals surface area contributed by atoms with E-state index in [2.05, 4.69) is 19.9 Å². The average Bonchev–Trinajstić information content (AvgIpc) is 2.34. The van der Waals surface area contributed by atoms with Crippen LogP contribution < -0.4 is 4.74 Å². The van der Waals surface area contributed by atoms with Gasteiger partial charge in [0.1, 0.15) is 5.75 Å². The van der Waals surface area contributed by atoms with E-state index in [4.69, 9.17) is 4.74 Å². The van der Waals surface area contributed by atoms with Crippen molar-refractivity contribution in [2.45, 2.75) is 51.6 Å². The molecule has 0 bridgehead atoms. The molecule has 0 spiro atoms. The zero-order valence-corrected chi connectivity index (χ0v) is 11.7. The standard InChI is InChI=1S/C16H24O2/c1-15(2)7-9-16(17,10-8-15)12-13-5-4-6-14(11-13)18-3/h4-6,11,17H,7-10,12H2,1-3H3. The van der Waals surface area contributed by atoms with Gasteiger partial charge in [-0.15, -0.1) is 0 Å². The normalized spacial score (nSPS) is 21.6. The van der Waals surface area contributed by atoms with Crippen LogP contribution in [0.1, 0.15) is 45.1 Å². The minimum Gasteiger partial charge on any atom is -0.497 e. The molecule has 1 fully saturated rings. The van der Waals surface area contributed by atoms with Crippen LogP contribution in [0.4, 0.5) is 0 Å². The van der Waals surface area contributed by atoms with Crippen LogP contribution in [0, 0.1) is 5.41 Å². The molecule has 0 heterocycles. The molecular formula is C16H24O2. The highest BCUT2D eigenvalue weighted by molar-refractivity contribution is 5.29. The fraction of sp³-hybridized carbons (Fsp3) is 0.625. The maximum Gasteiger partial charge on any atom is 0.119 e. The maximum atomic E-state index is 10.7. The van der Waals surface area contributed by atoms with Crippen molar-refractivity contribution in [3.05, 3.63) is 29.8 Å². The molecule has 1 aliphatic rings. The Morgan fingerprint density at radius 1 is 1.17 bits per heavy atom. The number of hydrogen-bond donors (Lipinski definition) is 1. The second kappa shape index (κ2) is 4.93. The van der Waals surface area contributed by atoms with Gasteiger partial charge in [0.15, 0.2) is 0 Å². The molecule has 1 aromatic carbocycles. The first-order chi connectivity index (χ1) is 8.42. The Labute approximate surface area is 110 Å². The van der Waals surface area contributed by atoms with Crippen molar-refractivity contribution in [1.29, 1.82) is 0 Å². The first kappa shape index (κ1) is 13.4. The molecule has 0 aliphatic heterocycles. The van der Waals surface area contributed by atoms with Crippen LogP contribution in [0.15, 0.2) is 24.3 Å². The predicted molar refractivity (Wildman–Crippen MR) is 73.9 cm³/mol. The molecule has 0 unspecified atom stereocenters. The van der Waals surface area contributed by atoms with Gasteiger partial charge in [-0.05, 0) is 48.8 Å². The Morgan fingerprint density at radius 2 is 1.83 bits per heavy atom. The van der Waals surface area contributed by atoms with E-state index >= 15 is 0 Å². The van der Waals surface area contributed by atoms with Gasteiger partial charge in [-0.25, -0.2) is 0 Å². The third kappa shape index (κ3) is 3.26. The molecule has 100 valence electrons. The van der Waals surface area contributed by atoms with Crippen molar-refractivity contribution in [2.24, 2.45) is 5.41 Å². The molecule has 1 saturated carbocycles. The highest BCUT2D eigenvalue weighted by atomic mass is 16.5. The Balaban J connectivity index is 2.04. The molecular weight excluding hydrogens is 224 g/mol. The fourth-order valence-corrected chi connectivity index (χ4v) is 2.73. The maximum absolute atomic E-state index is 10.7. The fourth-order valence-electron chi connectivity index (χ4n) is 2.73. The summed E-state index contributed by atoms with van der Waals surface area (Å²) in [7, 11) is 1.68. The summed E-state index contributed by atoms with van der Waals surface area (Å²) in [6.07, 6.45) is 4.75. The molecule has 1 aromatic rings. The lowest BCUT2D eigenvalue weighted by atomic mass is 9.69. The second-order valence-electron chi connectivity index (χ2n) is 6.42. The Hall–Kier alpha value is -1.02. The molecule has 18 heavy (non-hydrogen) atoms. The van der Waals surface area contributed by atoms with Crippen LogP contribution in [0.5, 0.6) is 5.75 Å². The van der Waals surface area contributed by atoms with E-state index in [1.54, 1.807) is 7.11 Å². The van der Waals surface area contributed by atoms with E-state index in [9.17, 15) is 5.11 Å². The summed E-state index contributed by atoms with van der Waals surface area (Å²) in [5, 5.41) is 10.7. The summed E-state index contributed by atoms with van der Waals surface area (Å²) in [5.74, 6) is 0.868. The van der Waals surface area contributed by atoms with E-state index in [0.29, 0.717) is 5.41 Å². The number of ether oxygens (including phenoxy) is 1. The molecule has 2 nitrogen and oxygen atoms in total. The van der Waals surface area contributed by atoms with Crippen LogP contribution >= 0.6 is 0 Å². The zero-order chi connectivity index (χ0) is 13.2. The monoisotopic (exact) mass is 248 g/mol. The number of benzene rings is 1. The van der Waals surface area contributed by atoms with Gasteiger partial charge in [-0.2, -0.15) is 0 Å². The van der Waals surface area contributed by atoms with Crippen molar-refractivity contribution in [3.8, 4) is 5.75 Å². The van der Waals surface area contributed by atoms with Crippen molar-refractivity contribution in [2.75, 3.05) is 7.11 Å². The molecule has 0 aromatic heterocycles. The molecule has 0 atom stereocenters. The number of methoxy groups -OCH3 is 1. The Bertz CT molecular complexity index is 399. The van der Waals surface area contributed by atoms with E-state index in [0.717, 1.165) is 43.4 Å². The quantitative estimate of drug-likeness (QED) is 0.886. The lowest BCUT2D eigenvalue weighted by Crippen LogP contribution is -2.38.